The highest BCUT2D eigenvalue weighted by molar-refractivity contribution is 6.31. The Labute approximate surface area is 182 Å². The number of aromatic nitrogens is 2. The third kappa shape index (κ3) is 3.37. The highest BCUT2D eigenvalue weighted by Gasteiger charge is 2.43. The molecule has 2 atom stereocenters. The van der Waals surface area contributed by atoms with Crippen LogP contribution in [0.3, 0.4) is 0 Å². The van der Waals surface area contributed by atoms with Crippen molar-refractivity contribution in [3.63, 3.8) is 0 Å². The smallest absolute Gasteiger partial charge is 0.258 e. The van der Waals surface area contributed by atoms with Gasteiger partial charge in [-0.3, -0.25) is 14.6 Å². The van der Waals surface area contributed by atoms with Crippen molar-refractivity contribution in [3.05, 3.63) is 50.8 Å². The van der Waals surface area contributed by atoms with Crippen molar-refractivity contribution in [2.45, 2.75) is 24.5 Å². The molecule has 160 valence electrons. The Balaban J connectivity index is 1.52. The van der Waals surface area contributed by atoms with Gasteiger partial charge in [0.05, 0.1) is 24.8 Å². The number of carbonyl (C=O) groups is 1. The zero-order chi connectivity index (χ0) is 21.6. The second-order valence-corrected chi connectivity index (χ2v) is 8.25. The van der Waals surface area contributed by atoms with Gasteiger partial charge in [0.15, 0.2) is 5.79 Å². The van der Waals surface area contributed by atoms with Gasteiger partial charge in [0, 0.05) is 36.9 Å². The minimum absolute atomic E-state index is 0.161. The molecule has 2 unspecified atom stereocenters. The molecule has 2 aromatic rings. The summed E-state index contributed by atoms with van der Waals surface area (Å²) in [5.74, 6) is -2.42. The molecule has 5 rings (SSSR count). The molecule has 1 amide bonds. The van der Waals surface area contributed by atoms with Gasteiger partial charge in [-0.1, -0.05) is 29.8 Å². The number of H-pyrrole nitrogens is 1. The number of ether oxygens (including phenoxy) is 2. The number of amides is 1. The molecular formula is C21H20ClN5O4. The predicted octanol–water partition coefficient (Wildman–Crippen LogP) is 1.99. The van der Waals surface area contributed by atoms with Crippen molar-refractivity contribution in [1.82, 2.24) is 9.97 Å². The Bertz CT molecular complexity index is 1130. The Kier molecular flexibility index (Phi) is 4.93. The number of nitrogens with one attached hydrogen (secondary N) is 2. The van der Waals surface area contributed by atoms with Crippen molar-refractivity contribution in [2.75, 3.05) is 36.5 Å². The largest absolute Gasteiger partial charge is 0.347 e. The normalized spacial score (nSPS) is 24.5. The minimum atomic E-state index is -1.09. The highest BCUT2D eigenvalue weighted by Crippen LogP contribution is 2.41. The lowest BCUT2D eigenvalue weighted by atomic mass is 9.79. The maximum Gasteiger partial charge on any atom is 0.258 e. The van der Waals surface area contributed by atoms with Gasteiger partial charge in [-0.05, 0) is 11.6 Å². The van der Waals surface area contributed by atoms with Crippen LogP contribution in [0.1, 0.15) is 29.9 Å². The lowest BCUT2D eigenvalue weighted by Crippen LogP contribution is -2.46. The monoisotopic (exact) mass is 441 g/mol. The minimum Gasteiger partial charge on any atom is -0.347 e. The first-order valence-corrected chi connectivity index (χ1v) is 10.5. The molecule has 2 fully saturated rings. The fourth-order valence-electron chi connectivity index (χ4n) is 4.56. The first-order valence-electron chi connectivity index (χ1n) is 10.1. The van der Waals surface area contributed by atoms with Crippen LogP contribution in [0.4, 0.5) is 11.8 Å². The molecule has 2 N–H and O–H groups in total. The number of nitriles is 1. The molecule has 1 aromatic carbocycles. The van der Waals surface area contributed by atoms with Crippen molar-refractivity contribution in [3.8, 4) is 6.07 Å². The number of carbonyl (C=O) groups excluding carboxylic acids is 1. The van der Waals surface area contributed by atoms with E-state index in [1.807, 2.05) is 11.0 Å². The maximum absolute atomic E-state index is 13.2. The van der Waals surface area contributed by atoms with E-state index in [1.54, 1.807) is 24.3 Å². The summed E-state index contributed by atoms with van der Waals surface area (Å²) in [6.07, 6.45) is 1.30. The van der Waals surface area contributed by atoms with Crippen molar-refractivity contribution in [1.29, 1.82) is 5.26 Å². The maximum atomic E-state index is 13.2. The second kappa shape index (κ2) is 7.64. The Hall–Kier alpha value is -2.93. The number of rotatable bonds is 2. The molecule has 1 aromatic heterocycles. The van der Waals surface area contributed by atoms with Crippen molar-refractivity contribution in [2.24, 2.45) is 5.92 Å². The summed E-state index contributed by atoms with van der Waals surface area (Å²) >= 11 is 6.35. The molecule has 1 spiro atoms. The van der Waals surface area contributed by atoms with E-state index in [0.29, 0.717) is 55.7 Å². The molecule has 0 saturated carbocycles. The third-order valence-electron chi connectivity index (χ3n) is 6.13. The van der Waals surface area contributed by atoms with E-state index in [9.17, 15) is 14.9 Å². The summed E-state index contributed by atoms with van der Waals surface area (Å²) in [4.78, 5) is 35.2. The number of aromatic amines is 1. The first-order chi connectivity index (χ1) is 15.0. The van der Waals surface area contributed by atoms with E-state index in [2.05, 4.69) is 15.3 Å². The standard InChI is InChI=1S/C21H20ClN5O4/c22-14-4-2-1-3-12(14)15-13(11-23)18(28)24-17-16(15)19(29)26-20(25-17)27-7-5-21(6-8-27)30-9-10-31-21/h1-4,13,15H,5-10H2,(H2,24,25,26,28,29). The van der Waals surface area contributed by atoms with Gasteiger partial charge in [0.2, 0.25) is 11.9 Å². The lowest BCUT2D eigenvalue weighted by molar-refractivity contribution is -0.169. The summed E-state index contributed by atoms with van der Waals surface area (Å²) in [7, 11) is 0. The predicted molar refractivity (Wildman–Crippen MR) is 112 cm³/mol. The molecule has 9 nitrogen and oxygen atoms in total. The fraction of sp³-hybridized carbons (Fsp3) is 0.429. The molecule has 3 aliphatic rings. The van der Waals surface area contributed by atoms with Crippen LogP contribution in [0.25, 0.3) is 0 Å². The van der Waals surface area contributed by atoms with E-state index in [0.717, 1.165) is 0 Å². The van der Waals surface area contributed by atoms with Crippen LogP contribution in [-0.2, 0) is 14.3 Å². The second-order valence-electron chi connectivity index (χ2n) is 7.84. The van der Waals surface area contributed by atoms with E-state index in [1.165, 1.54) is 0 Å². The molecule has 10 heteroatoms. The van der Waals surface area contributed by atoms with Gasteiger partial charge >= 0.3 is 0 Å². The Morgan fingerprint density at radius 2 is 1.90 bits per heavy atom. The summed E-state index contributed by atoms with van der Waals surface area (Å²) < 4.78 is 11.5. The van der Waals surface area contributed by atoms with Crippen LogP contribution in [0, 0.1) is 17.2 Å². The molecule has 2 saturated heterocycles. The number of hydrogen-bond donors (Lipinski definition) is 2. The Morgan fingerprint density at radius 1 is 1.19 bits per heavy atom. The van der Waals surface area contributed by atoms with Crippen molar-refractivity contribution < 1.29 is 14.3 Å². The SMILES string of the molecule is N#CC1C(=O)Nc2nc(N3CCC4(CC3)OCCO4)[nH]c(=O)c2C1c1ccccc1Cl. The summed E-state index contributed by atoms with van der Waals surface area (Å²) in [5, 5.41) is 12.7. The zero-order valence-electron chi connectivity index (χ0n) is 16.6. The van der Waals surface area contributed by atoms with E-state index in [4.69, 9.17) is 21.1 Å². The van der Waals surface area contributed by atoms with Crippen LogP contribution in [-0.4, -0.2) is 48.0 Å². The van der Waals surface area contributed by atoms with Gasteiger partial charge in [-0.2, -0.15) is 10.2 Å². The average molecular weight is 442 g/mol. The number of benzene rings is 1. The van der Waals surface area contributed by atoms with Gasteiger partial charge in [-0.25, -0.2) is 0 Å². The number of piperidine rings is 1. The molecule has 4 heterocycles. The summed E-state index contributed by atoms with van der Waals surface area (Å²) in [6.45, 7) is 2.35. The lowest BCUT2D eigenvalue weighted by Gasteiger charge is -2.38. The van der Waals surface area contributed by atoms with Crippen molar-refractivity contribution >= 4 is 29.3 Å². The van der Waals surface area contributed by atoms with Crippen LogP contribution in [0.2, 0.25) is 5.02 Å². The molecule has 31 heavy (non-hydrogen) atoms. The van der Waals surface area contributed by atoms with E-state index >= 15 is 0 Å². The van der Waals surface area contributed by atoms with Crippen LogP contribution in [0.15, 0.2) is 29.1 Å². The highest BCUT2D eigenvalue weighted by atomic mass is 35.5. The summed E-state index contributed by atoms with van der Waals surface area (Å²) in [6, 6.07) is 8.92. The summed E-state index contributed by atoms with van der Waals surface area (Å²) in [5.41, 5.74) is 0.375. The number of anilines is 2. The van der Waals surface area contributed by atoms with Crippen LogP contribution in [0.5, 0.6) is 0 Å². The van der Waals surface area contributed by atoms with Gasteiger partial charge in [0.1, 0.15) is 11.7 Å². The zero-order valence-corrected chi connectivity index (χ0v) is 17.3. The number of halogens is 1. The number of fused-ring (bicyclic) bond motifs is 1. The topological polar surface area (TPSA) is 120 Å². The van der Waals surface area contributed by atoms with E-state index < -0.39 is 29.1 Å². The molecule has 0 radical (unpaired) electrons. The number of hydrogen-bond acceptors (Lipinski definition) is 7. The molecule has 0 aliphatic carbocycles. The molecular weight excluding hydrogens is 422 g/mol. The average Bonchev–Trinajstić information content (AvgIpc) is 3.21. The molecule has 3 aliphatic heterocycles. The first kappa shape index (κ1) is 20.0. The fourth-order valence-corrected chi connectivity index (χ4v) is 4.81. The Morgan fingerprint density at radius 3 is 2.58 bits per heavy atom. The van der Waals surface area contributed by atoms with E-state index in [-0.39, 0.29) is 11.4 Å². The van der Waals surface area contributed by atoms with Crippen LogP contribution < -0.4 is 15.8 Å². The van der Waals surface area contributed by atoms with Crippen LogP contribution >= 0.6 is 11.6 Å². The quantitative estimate of drug-likeness (QED) is 0.731. The van der Waals surface area contributed by atoms with Gasteiger partial charge in [-0.15, -0.1) is 0 Å². The third-order valence-corrected chi connectivity index (χ3v) is 6.47. The molecule has 0 bridgehead atoms. The number of nitrogens with zero attached hydrogens (tertiary/aromatic N) is 3. The van der Waals surface area contributed by atoms with Gasteiger partial charge < -0.3 is 19.7 Å². The van der Waals surface area contributed by atoms with Gasteiger partial charge in [0.25, 0.3) is 5.56 Å².